The Kier molecular flexibility index (Phi) is 10.7. The van der Waals surface area contributed by atoms with Gasteiger partial charge in [-0.3, -0.25) is 19.1 Å². The summed E-state index contributed by atoms with van der Waals surface area (Å²) < 4.78 is 81.0. The van der Waals surface area contributed by atoms with Crippen molar-refractivity contribution in [2.45, 2.75) is 82.9 Å². The molecule has 0 radical (unpaired) electrons. The molecule has 0 unspecified atom stereocenters. The molecule has 61 heavy (non-hydrogen) atoms. The third-order valence-corrected chi connectivity index (χ3v) is 13.8. The summed E-state index contributed by atoms with van der Waals surface area (Å²) in [7, 11) is -3.93. The molecule has 18 heteroatoms. The van der Waals surface area contributed by atoms with E-state index in [1.165, 1.54) is 35.4 Å². The topological polar surface area (TPSA) is 175 Å². The minimum atomic E-state index is -4.56. The first-order valence-electron chi connectivity index (χ1n) is 19.8. The smallest absolute Gasteiger partial charge is 0.416 e. The van der Waals surface area contributed by atoms with E-state index in [4.69, 9.17) is 20.8 Å². The van der Waals surface area contributed by atoms with Crippen LogP contribution >= 0.6 is 11.6 Å². The summed E-state index contributed by atoms with van der Waals surface area (Å²) >= 11 is 6.18. The summed E-state index contributed by atoms with van der Waals surface area (Å²) in [4.78, 5) is 62.6. The summed E-state index contributed by atoms with van der Waals surface area (Å²) in [6.07, 6.45) is -1.69. The average Bonchev–Trinajstić information content (AvgIpc) is 4.11. The van der Waals surface area contributed by atoms with Crippen LogP contribution in [0.25, 0.3) is 33.5 Å². The number of sulfonamides is 1. The number of benzene rings is 2. The van der Waals surface area contributed by atoms with Crippen LogP contribution in [0.5, 0.6) is 5.88 Å². The number of Topliss-reactive ketones (excluding diaryl/α,β-unsaturated/α-hetero) is 1. The Bertz CT molecular complexity index is 2680. The van der Waals surface area contributed by atoms with Gasteiger partial charge in [0.2, 0.25) is 27.4 Å². The van der Waals surface area contributed by atoms with Gasteiger partial charge in [0.05, 0.1) is 34.7 Å². The van der Waals surface area contributed by atoms with E-state index in [-0.39, 0.29) is 60.2 Å². The molecular weight excluding hydrogens is 837 g/mol. The number of carbonyl (C=O) groups is 3. The van der Waals surface area contributed by atoms with E-state index in [1.54, 1.807) is 24.3 Å². The van der Waals surface area contributed by atoms with Gasteiger partial charge < -0.3 is 14.1 Å². The van der Waals surface area contributed by atoms with E-state index in [2.05, 4.69) is 31.2 Å². The number of likely N-dealkylation sites (tertiary alicyclic amines) is 1. The Labute approximate surface area is 354 Å². The van der Waals surface area contributed by atoms with Crippen LogP contribution in [-0.4, -0.2) is 74.8 Å². The van der Waals surface area contributed by atoms with Crippen LogP contribution in [0, 0.1) is 22.7 Å². The molecular formula is C43H42ClF3N6O7S. The molecule has 8 rings (SSSR count). The standard InChI is InChI=1S/C43H42ClF3N6O7S/c1-5-24-20-42(24,40(56)52-61(57,58)27-14-15-27)21-31(54)30-18-26(22-53(30)39(55)29(41(2,3)4)19-34-48-17-16-33(44)49-34)59-38-36-35(28-8-6-7-9-32(28)60-36)50-37(51-38)23-10-12-25(13-11-23)43(45,46)47/h5-13,16-17,24,26-27,29-30H,1,14-15,18-22H2,2-4H3,(H,52,56)/t24-,26-,29-,30+,42-/m1/s1. The molecule has 1 saturated heterocycles. The lowest BCUT2D eigenvalue weighted by Gasteiger charge is -2.35. The summed E-state index contributed by atoms with van der Waals surface area (Å²) in [5.74, 6) is -2.60. The highest BCUT2D eigenvalue weighted by atomic mass is 35.5. The maximum Gasteiger partial charge on any atom is 0.416 e. The van der Waals surface area contributed by atoms with Gasteiger partial charge in [-0.15, -0.1) is 6.58 Å². The van der Waals surface area contributed by atoms with E-state index >= 15 is 0 Å². The lowest BCUT2D eigenvalue weighted by molar-refractivity contribution is -0.144. The normalized spacial score (nSPS) is 22.3. The summed E-state index contributed by atoms with van der Waals surface area (Å²) in [6, 6.07) is 11.8. The molecule has 3 aliphatic rings. The van der Waals surface area contributed by atoms with E-state index in [9.17, 15) is 36.0 Å². The van der Waals surface area contributed by atoms with Gasteiger partial charge in [0.25, 0.3) is 5.88 Å². The number of ketones is 1. The number of nitrogens with one attached hydrogen (secondary N) is 1. The van der Waals surface area contributed by atoms with Crippen molar-refractivity contribution in [1.29, 1.82) is 0 Å². The third kappa shape index (κ3) is 8.46. The number of hydrogen-bond acceptors (Lipinski definition) is 11. The van der Waals surface area contributed by atoms with Crippen molar-refractivity contribution in [3.8, 4) is 17.3 Å². The number of alkyl halides is 3. The largest absolute Gasteiger partial charge is 0.470 e. The van der Waals surface area contributed by atoms with Gasteiger partial charge in [-0.1, -0.05) is 62.7 Å². The molecule has 2 aliphatic carbocycles. The van der Waals surface area contributed by atoms with Crippen molar-refractivity contribution in [2.24, 2.45) is 22.7 Å². The van der Waals surface area contributed by atoms with E-state index < -0.39 is 79.4 Å². The zero-order valence-electron chi connectivity index (χ0n) is 33.4. The molecule has 0 spiro atoms. The number of allylic oxidation sites excluding steroid dienone is 1. The number of carbonyl (C=O) groups excluding carboxylic acids is 3. The zero-order valence-corrected chi connectivity index (χ0v) is 35.0. The Balaban J connectivity index is 1.15. The molecule has 1 aliphatic heterocycles. The predicted octanol–water partition coefficient (Wildman–Crippen LogP) is 7.52. The molecule has 2 aromatic carbocycles. The van der Waals surface area contributed by atoms with Crippen LogP contribution in [-0.2, 0) is 37.0 Å². The lowest BCUT2D eigenvalue weighted by atomic mass is 9.77. The van der Waals surface area contributed by atoms with Crippen molar-refractivity contribution in [3.63, 3.8) is 0 Å². The molecule has 1 N–H and O–H groups in total. The molecule has 4 heterocycles. The summed E-state index contributed by atoms with van der Waals surface area (Å²) in [5, 5.41) is 0.126. The van der Waals surface area contributed by atoms with Gasteiger partial charge in [0.1, 0.15) is 28.2 Å². The number of hydrogen-bond donors (Lipinski definition) is 1. The first kappa shape index (κ1) is 42.3. The van der Waals surface area contributed by atoms with E-state index in [0.717, 1.165) is 12.1 Å². The third-order valence-electron chi connectivity index (χ3n) is 11.8. The molecule has 13 nitrogen and oxygen atoms in total. The minimum Gasteiger partial charge on any atom is -0.470 e. The summed E-state index contributed by atoms with van der Waals surface area (Å²) in [5.41, 5.74) is -1.71. The number of amides is 2. The molecule has 3 fully saturated rings. The Hall–Kier alpha value is -5.42. The number of nitrogens with zero attached hydrogens (tertiary/aromatic N) is 5. The molecule has 320 valence electrons. The second kappa shape index (κ2) is 15.5. The van der Waals surface area contributed by atoms with Crippen molar-refractivity contribution >= 4 is 61.3 Å². The molecule has 2 saturated carbocycles. The molecule has 5 aromatic rings. The minimum absolute atomic E-state index is 0.0483. The second-order valence-corrected chi connectivity index (χ2v) is 19.5. The number of rotatable bonds is 13. The highest BCUT2D eigenvalue weighted by Crippen LogP contribution is 2.57. The van der Waals surface area contributed by atoms with Crippen molar-refractivity contribution in [3.05, 3.63) is 90.0 Å². The van der Waals surface area contributed by atoms with Crippen LogP contribution in [0.2, 0.25) is 5.15 Å². The van der Waals surface area contributed by atoms with Gasteiger partial charge in [-0.05, 0) is 60.9 Å². The van der Waals surface area contributed by atoms with E-state index in [1.807, 2.05) is 20.8 Å². The Morgan fingerprint density at radius 3 is 2.43 bits per heavy atom. The average molecular weight is 879 g/mol. The predicted molar refractivity (Wildman–Crippen MR) is 218 cm³/mol. The van der Waals surface area contributed by atoms with Crippen molar-refractivity contribution in [2.75, 3.05) is 6.54 Å². The Morgan fingerprint density at radius 1 is 1.07 bits per heavy atom. The number of fused-ring (bicyclic) bond motifs is 3. The van der Waals surface area contributed by atoms with Crippen LogP contribution < -0.4 is 9.46 Å². The van der Waals surface area contributed by atoms with Crippen LogP contribution in [0.1, 0.15) is 64.3 Å². The van der Waals surface area contributed by atoms with Gasteiger partial charge in [-0.25, -0.2) is 23.4 Å². The fraction of sp³-hybridized carbons (Fsp3) is 0.419. The molecule has 2 amide bonds. The highest BCUT2D eigenvalue weighted by molar-refractivity contribution is 7.90. The number of aromatic nitrogens is 4. The number of halogens is 4. The lowest BCUT2D eigenvalue weighted by Crippen LogP contribution is -2.48. The maximum atomic E-state index is 14.9. The van der Waals surface area contributed by atoms with Crippen LogP contribution in [0.3, 0.4) is 0 Å². The van der Waals surface area contributed by atoms with Crippen molar-refractivity contribution in [1.82, 2.24) is 29.6 Å². The first-order chi connectivity index (χ1) is 28.8. The van der Waals surface area contributed by atoms with E-state index in [0.29, 0.717) is 35.2 Å². The van der Waals surface area contributed by atoms with Crippen LogP contribution in [0.15, 0.2) is 77.9 Å². The number of ether oxygens (including phenoxy) is 1. The molecule has 3 aromatic heterocycles. The highest BCUT2D eigenvalue weighted by Gasteiger charge is 2.61. The quantitative estimate of drug-likeness (QED) is 0.0915. The second-order valence-electron chi connectivity index (χ2n) is 17.1. The summed E-state index contributed by atoms with van der Waals surface area (Å²) in [6.45, 7) is 9.33. The number of para-hydroxylation sites is 1. The molecule has 0 bridgehead atoms. The van der Waals surface area contributed by atoms with Crippen LogP contribution in [0.4, 0.5) is 13.2 Å². The van der Waals surface area contributed by atoms with Crippen molar-refractivity contribution < 1.29 is 45.1 Å². The van der Waals surface area contributed by atoms with Gasteiger partial charge >= 0.3 is 6.18 Å². The fourth-order valence-corrected chi connectivity index (χ4v) is 9.64. The number of furan rings is 1. The first-order valence-corrected chi connectivity index (χ1v) is 21.7. The van der Waals surface area contributed by atoms with Gasteiger partial charge in [-0.2, -0.15) is 18.2 Å². The maximum absolute atomic E-state index is 14.9. The van der Waals surface area contributed by atoms with Gasteiger partial charge in [0, 0.05) is 36.4 Å². The Morgan fingerprint density at radius 2 is 1.79 bits per heavy atom. The van der Waals surface area contributed by atoms with Gasteiger partial charge in [0.15, 0.2) is 11.6 Å². The zero-order chi connectivity index (χ0) is 43.6. The monoisotopic (exact) mass is 878 g/mol. The molecule has 5 atom stereocenters. The fourth-order valence-electron chi connectivity index (χ4n) is 8.10. The SMILES string of the molecule is C=C[C@@H]1C[C@]1(CC(=O)[C@@H]1C[C@@H](Oc2nc(-c3ccc(C(F)(F)F)cc3)nc3c2oc2ccccc23)CN1C(=O)[C@@H](Cc1nccc(Cl)n1)C(C)(C)C)C(=O)NS(=O)(=O)C1CC1.